The van der Waals surface area contributed by atoms with Crippen LogP contribution in [0.1, 0.15) is 0 Å². The van der Waals surface area contributed by atoms with E-state index in [9.17, 15) is 0 Å². The molecule has 2 heterocycles. The molecule has 248 valence electrons. The summed E-state index contributed by atoms with van der Waals surface area (Å²) in [6, 6.07) is 69.4. The average molecular weight is 710 g/mol. The van der Waals surface area contributed by atoms with Crippen LogP contribution >= 0.6 is 22.7 Å². The van der Waals surface area contributed by atoms with E-state index in [1.54, 1.807) is 0 Å². The molecule has 0 saturated carbocycles. The number of anilines is 3. The fourth-order valence-electron chi connectivity index (χ4n) is 8.15. The van der Waals surface area contributed by atoms with Gasteiger partial charge in [0.2, 0.25) is 0 Å². The molecule has 0 radical (unpaired) electrons. The highest BCUT2D eigenvalue weighted by molar-refractivity contribution is 7.26. The summed E-state index contributed by atoms with van der Waals surface area (Å²) in [5, 5.41) is 10.2. The van der Waals surface area contributed by atoms with Gasteiger partial charge in [0.25, 0.3) is 0 Å². The Bertz CT molecular complexity index is 3190. The third-order valence-electron chi connectivity index (χ3n) is 10.6. The van der Waals surface area contributed by atoms with Gasteiger partial charge in [-0.2, -0.15) is 0 Å². The summed E-state index contributed by atoms with van der Waals surface area (Å²) in [5.41, 5.74) is 8.27. The van der Waals surface area contributed by atoms with Crippen LogP contribution in [0.25, 0.3) is 84.1 Å². The molecule has 0 amide bonds. The molecule has 0 fully saturated rings. The Morgan fingerprint density at radius 1 is 0.302 bits per heavy atom. The third kappa shape index (κ3) is 4.97. The normalized spacial score (nSPS) is 11.8. The predicted octanol–water partition coefficient (Wildman–Crippen LogP) is 15.5. The van der Waals surface area contributed by atoms with Crippen LogP contribution in [0, 0.1) is 0 Å². The Morgan fingerprint density at radius 2 is 0.906 bits per heavy atom. The zero-order valence-electron chi connectivity index (χ0n) is 28.7. The molecule has 1 nitrogen and oxygen atoms in total. The van der Waals surface area contributed by atoms with Gasteiger partial charge < -0.3 is 4.90 Å². The maximum absolute atomic E-state index is 2.53. The van der Waals surface area contributed by atoms with Crippen LogP contribution in [-0.4, -0.2) is 0 Å². The van der Waals surface area contributed by atoms with Gasteiger partial charge in [-0.05, 0) is 86.9 Å². The number of benzene rings is 9. The Labute approximate surface area is 315 Å². The van der Waals surface area contributed by atoms with Crippen molar-refractivity contribution in [3.8, 4) is 22.3 Å². The fraction of sp³-hybridized carbons (Fsp3) is 0. The molecule has 3 heteroatoms. The summed E-state index contributed by atoms with van der Waals surface area (Å²) in [5.74, 6) is 0. The van der Waals surface area contributed by atoms with Crippen molar-refractivity contribution in [1.82, 2.24) is 0 Å². The molecule has 0 saturated heterocycles. The molecule has 0 unspecified atom stereocenters. The SMILES string of the molecule is c1ccc(-c2cc(-c3ccc4c(c3)sc3ccccc34)cc(N(c3cc4ccccc4c4ccccc34)c3cccc4c3sc3ccccc34)c2)cc1. The lowest BCUT2D eigenvalue weighted by Crippen LogP contribution is -2.11. The zero-order chi connectivity index (χ0) is 34.9. The molecule has 0 aliphatic rings. The monoisotopic (exact) mass is 709 g/mol. The van der Waals surface area contributed by atoms with Crippen LogP contribution in [0.3, 0.4) is 0 Å². The van der Waals surface area contributed by atoms with Gasteiger partial charge >= 0.3 is 0 Å². The minimum atomic E-state index is 1.13. The highest BCUT2D eigenvalue weighted by Crippen LogP contribution is 2.49. The van der Waals surface area contributed by atoms with E-state index >= 15 is 0 Å². The second-order valence-corrected chi connectivity index (χ2v) is 15.8. The van der Waals surface area contributed by atoms with Crippen molar-refractivity contribution >= 4 is 102 Å². The summed E-state index contributed by atoms with van der Waals surface area (Å²) in [4.78, 5) is 2.53. The Balaban J connectivity index is 1.23. The highest BCUT2D eigenvalue weighted by Gasteiger charge is 2.22. The van der Waals surface area contributed by atoms with Crippen LogP contribution in [0.15, 0.2) is 188 Å². The largest absolute Gasteiger partial charge is 0.308 e. The van der Waals surface area contributed by atoms with Crippen LogP contribution in [-0.2, 0) is 0 Å². The highest BCUT2D eigenvalue weighted by atomic mass is 32.1. The summed E-state index contributed by atoms with van der Waals surface area (Å²) in [6.45, 7) is 0. The number of fused-ring (bicyclic) bond motifs is 9. The summed E-state index contributed by atoms with van der Waals surface area (Å²) >= 11 is 3.75. The number of nitrogens with zero attached hydrogens (tertiary/aromatic N) is 1. The van der Waals surface area contributed by atoms with Crippen molar-refractivity contribution in [3.05, 3.63) is 188 Å². The van der Waals surface area contributed by atoms with Crippen molar-refractivity contribution < 1.29 is 0 Å². The standard InChI is InChI=1S/C50H31NS2/c1-2-13-32(14-3-1)35-27-36(33-25-26-43-41-19-8-10-23-47(41)52-49(43)31-33)29-37(28-35)51(45-22-12-21-44-42-20-9-11-24-48(42)53-50(44)45)46-30-34-15-4-5-16-38(34)39-17-6-7-18-40(39)46/h1-31H. The molecule has 53 heavy (non-hydrogen) atoms. The molecule has 0 N–H and O–H groups in total. The number of hydrogen-bond acceptors (Lipinski definition) is 3. The van der Waals surface area contributed by atoms with Crippen molar-refractivity contribution in [3.63, 3.8) is 0 Å². The van der Waals surface area contributed by atoms with Gasteiger partial charge in [-0.3, -0.25) is 0 Å². The molecule has 0 spiro atoms. The van der Waals surface area contributed by atoms with Gasteiger partial charge in [-0.1, -0.05) is 140 Å². The molecule has 2 aromatic heterocycles. The summed E-state index contributed by atoms with van der Waals surface area (Å²) in [6.07, 6.45) is 0. The smallest absolute Gasteiger partial charge is 0.0640 e. The molecule has 0 aliphatic carbocycles. The minimum Gasteiger partial charge on any atom is -0.308 e. The number of rotatable bonds is 5. The lowest BCUT2D eigenvalue weighted by Gasteiger charge is -2.29. The first-order valence-electron chi connectivity index (χ1n) is 18.0. The first kappa shape index (κ1) is 30.4. The number of thiophene rings is 2. The van der Waals surface area contributed by atoms with E-state index < -0.39 is 0 Å². The van der Waals surface area contributed by atoms with Gasteiger partial charge in [0.1, 0.15) is 0 Å². The van der Waals surface area contributed by atoms with Gasteiger partial charge in [-0.25, -0.2) is 0 Å². The van der Waals surface area contributed by atoms with E-state index in [2.05, 4.69) is 193 Å². The van der Waals surface area contributed by atoms with E-state index in [1.165, 1.54) is 95.5 Å². The topological polar surface area (TPSA) is 3.24 Å². The van der Waals surface area contributed by atoms with E-state index in [4.69, 9.17) is 0 Å². The zero-order valence-corrected chi connectivity index (χ0v) is 30.3. The van der Waals surface area contributed by atoms with Crippen molar-refractivity contribution in [2.45, 2.75) is 0 Å². The van der Waals surface area contributed by atoms with E-state index in [0.29, 0.717) is 0 Å². The fourth-order valence-corrected chi connectivity index (χ4v) is 10.5. The summed E-state index contributed by atoms with van der Waals surface area (Å²) in [7, 11) is 0. The van der Waals surface area contributed by atoms with E-state index in [0.717, 1.165) is 5.69 Å². The maximum atomic E-state index is 2.53. The second kappa shape index (κ2) is 12.2. The molecular formula is C50H31NS2. The minimum absolute atomic E-state index is 1.13. The first-order valence-corrected chi connectivity index (χ1v) is 19.6. The van der Waals surface area contributed by atoms with Crippen molar-refractivity contribution in [2.75, 3.05) is 4.90 Å². The molecule has 9 aromatic carbocycles. The molecule has 0 aliphatic heterocycles. The number of hydrogen-bond donors (Lipinski definition) is 0. The van der Waals surface area contributed by atoms with Crippen molar-refractivity contribution in [2.24, 2.45) is 0 Å². The van der Waals surface area contributed by atoms with Gasteiger partial charge in [0.05, 0.1) is 16.1 Å². The molecule has 0 atom stereocenters. The van der Waals surface area contributed by atoms with E-state index in [-0.39, 0.29) is 0 Å². The second-order valence-electron chi connectivity index (χ2n) is 13.7. The molecule has 0 bridgehead atoms. The van der Waals surface area contributed by atoms with Crippen molar-refractivity contribution in [1.29, 1.82) is 0 Å². The van der Waals surface area contributed by atoms with Crippen LogP contribution in [0.5, 0.6) is 0 Å². The Hall–Kier alpha value is -6.26. The average Bonchev–Trinajstić information content (AvgIpc) is 3.80. The lowest BCUT2D eigenvalue weighted by atomic mass is 9.95. The van der Waals surface area contributed by atoms with Gasteiger partial charge in [0, 0.05) is 46.7 Å². The first-order chi connectivity index (χ1) is 26.3. The molecular weight excluding hydrogens is 679 g/mol. The quantitative estimate of drug-likeness (QED) is 0.161. The predicted molar refractivity (Wildman–Crippen MR) is 233 cm³/mol. The third-order valence-corrected chi connectivity index (χ3v) is 12.9. The van der Waals surface area contributed by atoms with Crippen LogP contribution in [0.4, 0.5) is 17.1 Å². The van der Waals surface area contributed by atoms with Crippen LogP contribution < -0.4 is 4.90 Å². The lowest BCUT2D eigenvalue weighted by molar-refractivity contribution is 1.32. The van der Waals surface area contributed by atoms with Crippen LogP contribution in [0.2, 0.25) is 0 Å². The van der Waals surface area contributed by atoms with Gasteiger partial charge in [0.15, 0.2) is 0 Å². The van der Waals surface area contributed by atoms with Gasteiger partial charge in [-0.15, -0.1) is 22.7 Å². The maximum Gasteiger partial charge on any atom is 0.0640 e. The Kier molecular flexibility index (Phi) is 6.97. The van der Waals surface area contributed by atoms with E-state index in [1.807, 2.05) is 22.7 Å². The molecule has 11 aromatic rings. The molecule has 11 rings (SSSR count). The Morgan fingerprint density at radius 3 is 1.72 bits per heavy atom. The summed E-state index contributed by atoms with van der Waals surface area (Å²) < 4.78 is 5.21.